The summed E-state index contributed by atoms with van der Waals surface area (Å²) in [5.74, 6) is 1.43. The van der Waals surface area contributed by atoms with Crippen LogP contribution in [0.1, 0.15) is 23.6 Å². The molecule has 0 saturated heterocycles. The molecule has 0 fully saturated rings. The lowest BCUT2D eigenvalue weighted by atomic mass is 10.0. The topological polar surface area (TPSA) is 9.23 Å². The molecule has 1 nitrogen and oxygen atoms in total. The van der Waals surface area contributed by atoms with E-state index in [9.17, 15) is 0 Å². The predicted octanol–water partition coefficient (Wildman–Crippen LogP) is 3.30. The zero-order chi connectivity index (χ0) is 9.84. The molecule has 0 aliphatic heterocycles. The first-order valence-electron chi connectivity index (χ1n) is 4.45. The van der Waals surface area contributed by atoms with Crippen LogP contribution in [0.5, 0.6) is 5.75 Å². The zero-order valence-electron chi connectivity index (χ0n) is 8.36. The van der Waals surface area contributed by atoms with E-state index in [0.717, 1.165) is 17.7 Å². The maximum Gasteiger partial charge on any atom is 0.123 e. The quantitative estimate of drug-likeness (QED) is 0.678. The molecule has 0 heterocycles. The predicted molar refractivity (Wildman–Crippen MR) is 56.7 cm³/mol. The molecule has 0 atom stereocenters. The Hall–Kier alpha value is -0.690. The zero-order valence-corrected chi connectivity index (χ0v) is 9.11. The summed E-state index contributed by atoms with van der Waals surface area (Å²) in [7, 11) is 1.68. The minimum Gasteiger partial charge on any atom is -0.496 e. The number of hydrogen-bond acceptors (Lipinski definition) is 1. The van der Waals surface area contributed by atoms with Crippen LogP contribution in [-0.4, -0.2) is 7.11 Å². The molecule has 0 radical (unpaired) electrons. The number of ether oxygens (including phenoxy) is 1. The number of alkyl halides is 1. The Labute approximate surface area is 84.7 Å². The maximum absolute atomic E-state index is 5.87. The van der Waals surface area contributed by atoms with E-state index in [1.54, 1.807) is 7.11 Å². The van der Waals surface area contributed by atoms with Crippen LogP contribution in [0.15, 0.2) is 12.1 Å². The number of hydrogen-bond donors (Lipinski definition) is 0. The van der Waals surface area contributed by atoms with Gasteiger partial charge in [0, 0.05) is 5.56 Å². The van der Waals surface area contributed by atoms with Gasteiger partial charge in [0.25, 0.3) is 0 Å². The van der Waals surface area contributed by atoms with Crippen molar-refractivity contribution < 1.29 is 4.74 Å². The molecule has 0 saturated carbocycles. The fourth-order valence-corrected chi connectivity index (χ4v) is 1.81. The van der Waals surface area contributed by atoms with E-state index in [-0.39, 0.29) is 0 Å². The van der Waals surface area contributed by atoms with Crippen LogP contribution >= 0.6 is 11.6 Å². The molecular formula is C11H15ClO. The van der Waals surface area contributed by atoms with Crippen LogP contribution in [0.25, 0.3) is 0 Å². The Balaban J connectivity index is 3.25. The number of aryl methyl sites for hydroxylation is 2. The minimum absolute atomic E-state index is 0.520. The van der Waals surface area contributed by atoms with E-state index < -0.39 is 0 Å². The average Bonchev–Trinajstić information content (AvgIpc) is 2.16. The van der Waals surface area contributed by atoms with Crippen LogP contribution in [0.2, 0.25) is 0 Å². The van der Waals surface area contributed by atoms with Gasteiger partial charge in [-0.05, 0) is 30.5 Å². The monoisotopic (exact) mass is 198 g/mol. The third-order valence-corrected chi connectivity index (χ3v) is 2.45. The van der Waals surface area contributed by atoms with E-state index >= 15 is 0 Å². The number of halogens is 1. The second-order valence-corrected chi connectivity index (χ2v) is 3.36. The molecule has 1 rings (SSSR count). The highest BCUT2D eigenvalue weighted by Gasteiger charge is 2.07. The highest BCUT2D eigenvalue weighted by Crippen LogP contribution is 2.26. The second kappa shape index (κ2) is 4.52. The molecular weight excluding hydrogens is 184 g/mol. The molecule has 0 aromatic heterocycles. The first-order valence-corrected chi connectivity index (χ1v) is 4.98. The van der Waals surface area contributed by atoms with Crippen LogP contribution in [0.4, 0.5) is 0 Å². The van der Waals surface area contributed by atoms with E-state index in [1.165, 1.54) is 11.1 Å². The van der Waals surface area contributed by atoms with Gasteiger partial charge in [-0.15, -0.1) is 11.6 Å². The molecule has 72 valence electrons. The smallest absolute Gasteiger partial charge is 0.123 e. The molecule has 0 aliphatic carbocycles. The Morgan fingerprint density at radius 1 is 1.38 bits per heavy atom. The summed E-state index contributed by atoms with van der Waals surface area (Å²) >= 11 is 5.87. The largest absolute Gasteiger partial charge is 0.496 e. The Morgan fingerprint density at radius 2 is 2.08 bits per heavy atom. The average molecular weight is 199 g/mol. The fourth-order valence-electron chi connectivity index (χ4n) is 1.50. The Bertz CT molecular complexity index is 269. The standard InChI is InChI=1S/C11H15ClO/c1-4-9-5-8(2)6-11(13-3)10(9)7-12/h5-6H,4,7H2,1-3H3. The number of methoxy groups -OCH3 is 1. The molecule has 0 unspecified atom stereocenters. The lowest BCUT2D eigenvalue weighted by Crippen LogP contribution is -1.96. The summed E-state index contributed by atoms with van der Waals surface area (Å²) in [6.45, 7) is 4.20. The highest BCUT2D eigenvalue weighted by atomic mass is 35.5. The molecule has 13 heavy (non-hydrogen) atoms. The van der Waals surface area contributed by atoms with Crippen molar-refractivity contribution in [2.24, 2.45) is 0 Å². The third kappa shape index (κ3) is 2.16. The van der Waals surface area contributed by atoms with Gasteiger partial charge in [-0.3, -0.25) is 0 Å². The van der Waals surface area contributed by atoms with Crippen molar-refractivity contribution in [1.82, 2.24) is 0 Å². The molecule has 0 N–H and O–H groups in total. The van der Waals surface area contributed by atoms with E-state index in [2.05, 4.69) is 19.9 Å². The van der Waals surface area contributed by atoms with Crippen molar-refractivity contribution in [3.05, 3.63) is 28.8 Å². The van der Waals surface area contributed by atoms with E-state index in [4.69, 9.17) is 16.3 Å². The summed E-state index contributed by atoms with van der Waals surface area (Å²) in [6.07, 6.45) is 1.00. The minimum atomic E-state index is 0.520. The van der Waals surface area contributed by atoms with Crippen molar-refractivity contribution in [3.63, 3.8) is 0 Å². The van der Waals surface area contributed by atoms with Crippen LogP contribution in [0, 0.1) is 6.92 Å². The molecule has 0 bridgehead atoms. The van der Waals surface area contributed by atoms with Gasteiger partial charge in [0.15, 0.2) is 0 Å². The number of rotatable bonds is 3. The van der Waals surface area contributed by atoms with Crippen molar-refractivity contribution in [1.29, 1.82) is 0 Å². The van der Waals surface area contributed by atoms with Gasteiger partial charge < -0.3 is 4.74 Å². The first kappa shape index (κ1) is 10.4. The van der Waals surface area contributed by atoms with E-state index in [1.807, 2.05) is 6.07 Å². The molecule has 2 heteroatoms. The summed E-state index contributed by atoms with van der Waals surface area (Å²) in [5, 5.41) is 0. The SMILES string of the molecule is CCc1cc(C)cc(OC)c1CCl. The molecule has 0 aliphatic rings. The van der Waals surface area contributed by atoms with Crippen molar-refractivity contribution in [3.8, 4) is 5.75 Å². The fraction of sp³-hybridized carbons (Fsp3) is 0.455. The maximum atomic E-state index is 5.87. The van der Waals surface area contributed by atoms with Gasteiger partial charge >= 0.3 is 0 Å². The number of benzene rings is 1. The van der Waals surface area contributed by atoms with Crippen LogP contribution < -0.4 is 4.74 Å². The third-order valence-electron chi connectivity index (χ3n) is 2.18. The van der Waals surface area contributed by atoms with Gasteiger partial charge in [0.05, 0.1) is 13.0 Å². The summed E-state index contributed by atoms with van der Waals surface area (Å²) < 4.78 is 5.28. The summed E-state index contributed by atoms with van der Waals surface area (Å²) in [6, 6.07) is 4.19. The molecule has 0 amide bonds. The Morgan fingerprint density at radius 3 is 2.54 bits per heavy atom. The van der Waals surface area contributed by atoms with Gasteiger partial charge in [-0.1, -0.05) is 13.0 Å². The second-order valence-electron chi connectivity index (χ2n) is 3.09. The van der Waals surface area contributed by atoms with Crippen molar-refractivity contribution >= 4 is 11.6 Å². The van der Waals surface area contributed by atoms with Gasteiger partial charge in [0.2, 0.25) is 0 Å². The highest BCUT2D eigenvalue weighted by molar-refractivity contribution is 6.17. The lowest BCUT2D eigenvalue weighted by molar-refractivity contribution is 0.410. The summed E-state index contributed by atoms with van der Waals surface area (Å²) in [5.41, 5.74) is 3.63. The summed E-state index contributed by atoms with van der Waals surface area (Å²) in [4.78, 5) is 0. The van der Waals surface area contributed by atoms with Crippen molar-refractivity contribution in [2.75, 3.05) is 7.11 Å². The van der Waals surface area contributed by atoms with Crippen LogP contribution in [-0.2, 0) is 12.3 Å². The van der Waals surface area contributed by atoms with E-state index in [0.29, 0.717) is 5.88 Å². The van der Waals surface area contributed by atoms with Crippen molar-refractivity contribution in [2.45, 2.75) is 26.1 Å². The lowest BCUT2D eigenvalue weighted by Gasteiger charge is -2.11. The molecule has 1 aromatic rings. The van der Waals surface area contributed by atoms with Gasteiger partial charge in [-0.2, -0.15) is 0 Å². The van der Waals surface area contributed by atoms with Gasteiger partial charge in [-0.25, -0.2) is 0 Å². The van der Waals surface area contributed by atoms with Crippen LogP contribution in [0.3, 0.4) is 0 Å². The molecule has 1 aromatic carbocycles. The molecule has 0 spiro atoms. The Kier molecular flexibility index (Phi) is 3.61. The van der Waals surface area contributed by atoms with Gasteiger partial charge in [0.1, 0.15) is 5.75 Å². The first-order chi connectivity index (χ1) is 6.22. The normalized spacial score (nSPS) is 10.2.